The number of fused-ring (bicyclic) bond motifs is 1. The lowest BCUT2D eigenvalue weighted by Crippen LogP contribution is -2.11. The van der Waals surface area contributed by atoms with Crippen molar-refractivity contribution in [1.29, 1.82) is 0 Å². The highest BCUT2D eigenvalue weighted by Crippen LogP contribution is 2.25. The standard InChI is InChI=1S/C15H13N3OS2/c1-20-11-5-3-10(4-6-11)17-14(19)9-2-7-12-13(8-9)21-15(16)18-12/h2-8H,1H3,(H2,16,18)(H,17,19). The summed E-state index contributed by atoms with van der Waals surface area (Å²) in [6.45, 7) is 0. The van der Waals surface area contributed by atoms with Gasteiger partial charge in [-0.25, -0.2) is 4.98 Å². The number of nitrogens with two attached hydrogens (primary N) is 1. The molecule has 0 spiro atoms. The molecule has 1 amide bonds. The van der Waals surface area contributed by atoms with E-state index in [1.54, 1.807) is 17.8 Å². The Morgan fingerprint density at radius 2 is 2.00 bits per heavy atom. The zero-order valence-corrected chi connectivity index (χ0v) is 12.9. The molecule has 0 saturated heterocycles. The number of nitrogens with one attached hydrogen (secondary N) is 1. The molecular weight excluding hydrogens is 302 g/mol. The van der Waals surface area contributed by atoms with Crippen molar-refractivity contribution in [3.05, 3.63) is 48.0 Å². The second-order valence-corrected chi connectivity index (χ2v) is 6.36. The predicted octanol–water partition coefficient (Wildman–Crippen LogP) is 3.85. The quantitative estimate of drug-likeness (QED) is 0.720. The van der Waals surface area contributed by atoms with Gasteiger partial charge in [0.1, 0.15) is 0 Å². The maximum absolute atomic E-state index is 12.3. The van der Waals surface area contributed by atoms with Gasteiger partial charge >= 0.3 is 0 Å². The number of hydrogen-bond acceptors (Lipinski definition) is 5. The molecule has 0 aliphatic heterocycles. The number of thioether (sulfide) groups is 1. The molecule has 6 heteroatoms. The number of hydrogen-bond donors (Lipinski definition) is 2. The summed E-state index contributed by atoms with van der Waals surface area (Å²) < 4.78 is 0.915. The van der Waals surface area contributed by atoms with Crippen LogP contribution in [-0.2, 0) is 0 Å². The third-order valence-electron chi connectivity index (χ3n) is 3.02. The smallest absolute Gasteiger partial charge is 0.255 e. The molecular formula is C15H13N3OS2. The van der Waals surface area contributed by atoms with Crippen LogP contribution >= 0.6 is 23.1 Å². The maximum atomic E-state index is 12.3. The molecule has 0 atom stereocenters. The van der Waals surface area contributed by atoms with E-state index in [4.69, 9.17) is 5.73 Å². The van der Waals surface area contributed by atoms with Gasteiger partial charge in [0.15, 0.2) is 5.13 Å². The van der Waals surface area contributed by atoms with Crippen LogP contribution in [0.4, 0.5) is 10.8 Å². The summed E-state index contributed by atoms with van der Waals surface area (Å²) in [5.74, 6) is -0.138. The van der Waals surface area contributed by atoms with E-state index in [1.807, 2.05) is 42.7 Å². The van der Waals surface area contributed by atoms with E-state index in [-0.39, 0.29) is 5.91 Å². The molecule has 0 saturated carbocycles. The summed E-state index contributed by atoms with van der Waals surface area (Å²) >= 11 is 3.05. The monoisotopic (exact) mass is 315 g/mol. The van der Waals surface area contributed by atoms with Crippen LogP contribution in [0, 0.1) is 0 Å². The number of nitrogen functional groups attached to an aromatic ring is 1. The molecule has 3 N–H and O–H groups in total. The summed E-state index contributed by atoms with van der Waals surface area (Å²) in [4.78, 5) is 17.6. The maximum Gasteiger partial charge on any atom is 0.255 e. The Morgan fingerprint density at radius 1 is 1.24 bits per heavy atom. The molecule has 2 aromatic carbocycles. The van der Waals surface area contributed by atoms with Gasteiger partial charge in [-0.3, -0.25) is 4.79 Å². The third-order valence-corrected chi connectivity index (χ3v) is 4.61. The van der Waals surface area contributed by atoms with Gasteiger partial charge in [-0.05, 0) is 48.7 Å². The van der Waals surface area contributed by atoms with Crippen molar-refractivity contribution >= 4 is 50.0 Å². The first-order valence-corrected chi connectivity index (χ1v) is 8.31. The number of carbonyl (C=O) groups excluding carboxylic acids is 1. The van der Waals surface area contributed by atoms with E-state index in [9.17, 15) is 4.79 Å². The summed E-state index contributed by atoms with van der Waals surface area (Å²) in [5, 5.41) is 3.40. The molecule has 0 aliphatic carbocycles. The fourth-order valence-electron chi connectivity index (χ4n) is 1.96. The van der Waals surface area contributed by atoms with Crippen molar-refractivity contribution in [3.8, 4) is 0 Å². The van der Waals surface area contributed by atoms with Crippen LogP contribution in [0.5, 0.6) is 0 Å². The van der Waals surface area contributed by atoms with E-state index >= 15 is 0 Å². The molecule has 0 unspecified atom stereocenters. The molecule has 21 heavy (non-hydrogen) atoms. The average molecular weight is 315 g/mol. The molecule has 0 radical (unpaired) electrons. The molecule has 3 aromatic rings. The molecule has 1 heterocycles. The lowest BCUT2D eigenvalue weighted by Gasteiger charge is -2.06. The zero-order chi connectivity index (χ0) is 14.8. The molecule has 0 bridgehead atoms. The van der Waals surface area contributed by atoms with E-state index in [0.29, 0.717) is 10.7 Å². The van der Waals surface area contributed by atoms with Crippen LogP contribution in [0.25, 0.3) is 10.2 Å². The van der Waals surface area contributed by atoms with Crippen molar-refractivity contribution in [2.75, 3.05) is 17.3 Å². The molecule has 1 aromatic heterocycles. The Kier molecular flexibility index (Phi) is 3.81. The summed E-state index contributed by atoms with van der Waals surface area (Å²) in [7, 11) is 0. The number of benzene rings is 2. The normalized spacial score (nSPS) is 10.7. The summed E-state index contributed by atoms with van der Waals surface area (Å²) in [6.07, 6.45) is 2.02. The Bertz CT molecular complexity index is 796. The fraction of sp³-hybridized carbons (Fsp3) is 0.0667. The van der Waals surface area contributed by atoms with Gasteiger partial charge in [0.25, 0.3) is 5.91 Å². The minimum Gasteiger partial charge on any atom is -0.375 e. The van der Waals surface area contributed by atoms with E-state index in [1.165, 1.54) is 11.3 Å². The number of carbonyl (C=O) groups is 1. The van der Waals surface area contributed by atoms with Crippen molar-refractivity contribution in [1.82, 2.24) is 4.98 Å². The summed E-state index contributed by atoms with van der Waals surface area (Å²) in [5.41, 5.74) is 7.87. The number of thiazole rings is 1. The van der Waals surface area contributed by atoms with Gasteiger partial charge < -0.3 is 11.1 Å². The average Bonchev–Trinajstić information content (AvgIpc) is 2.87. The Morgan fingerprint density at radius 3 is 2.71 bits per heavy atom. The third kappa shape index (κ3) is 3.01. The zero-order valence-electron chi connectivity index (χ0n) is 11.3. The highest BCUT2D eigenvalue weighted by Gasteiger charge is 2.09. The number of rotatable bonds is 3. The van der Waals surface area contributed by atoms with E-state index < -0.39 is 0 Å². The lowest BCUT2D eigenvalue weighted by atomic mass is 10.2. The Labute approximate surface area is 130 Å². The van der Waals surface area contributed by atoms with Crippen LogP contribution in [-0.4, -0.2) is 17.1 Å². The lowest BCUT2D eigenvalue weighted by molar-refractivity contribution is 0.102. The van der Waals surface area contributed by atoms with Crippen LogP contribution in [0.3, 0.4) is 0 Å². The second-order valence-electron chi connectivity index (χ2n) is 4.42. The van der Waals surface area contributed by atoms with Gasteiger partial charge in [-0.15, -0.1) is 11.8 Å². The van der Waals surface area contributed by atoms with E-state index in [0.717, 1.165) is 20.8 Å². The molecule has 0 fully saturated rings. The number of anilines is 2. The SMILES string of the molecule is CSc1ccc(NC(=O)c2ccc3nc(N)sc3c2)cc1. The summed E-state index contributed by atoms with van der Waals surface area (Å²) in [6, 6.07) is 13.1. The van der Waals surface area contributed by atoms with Gasteiger partial charge in [0, 0.05) is 16.1 Å². The fourth-order valence-corrected chi connectivity index (χ4v) is 3.14. The van der Waals surface area contributed by atoms with Crippen LogP contribution in [0.2, 0.25) is 0 Å². The van der Waals surface area contributed by atoms with Gasteiger partial charge in [0.2, 0.25) is 0 Å². The molecule has 0 aliphatic rings. The topological polar surface area (TPSA) is 68.0 Å². The molecule has 4 nitrogen and oxygen atoms in total. The number of nitrogens with zero attached hydrogens (tertiary/aromatic N) is 1. The highest BCUT2D eigenvalue weighted by atomic mass is 32.2. The van der Waals surface area contributed by atoms with Crippen LogP contribution in [0.15, 0.2) is 47.4 Å². The number of amides is 1. The van der Waals surface area contributed by atoms with Gasteiger partial charge in [-0.1, -0.05) is 11.3 Å². The van der Waals surface area contributed by atoms with Crippen molar-refractivity contribution < 1.29 is 4.79 Å². The largest absolute Gasteiger partial charge is 0.375 e. The first kappa shape index (κ1) is 13.9. The molecule has 106 valence electrons. The molecule has 3 rings (SSSR count). The predicted molar refractivity (Wildman–Crippen MR) is 90.2 cm³/mol. The van der Waals surface area contributed by atoms with Crippen molar-refractivity contribution in [2.45, 2.75) is 4.90 Å². The minimum atomic E-state index is -0.138. The first-order valence-electron chi connectivity index (χ1n) is 6.27. The van der Waals surface area contributed by atoms with Gasteiger partial charge in [-0.2, -0.15) is 0 Å². The van der Waals surface area contributed by atoms with Crippen LogP contribution < -0.4 is 11.1 Å². The first-order chi connectivity index (χ1) is 10.2. The Hall–Kier alpha value is -2.05. The highest BCUT2D eigenvalue weighted by molar-refractivity contribution is 7.98. The van der Waals surface area contributed by atoms with Gasteiger partial charge in [0.05, 0.1) is 10.2 Å². The van der Waals surface area contributed by atoms with Crippen LogP contribution in [0.1, 0.15) is 10.4 Å². The van der Waals surface area contributed by atoms with Crippen molar-refractivity contribution in [2.24, 2.45) is 0 Å². The minimum absolute atomic E-state index is 0.138. The Balaban J connectivity index is 1.82. The number of aromatic nitrogens is 1. The van der Waals surface area contributed by atoms with E-state index in [2.05, 4.69) is 10.3 Å². The van der Waals surface area contributed by atoms with Crippen molar-refractivity contribution in [3.63, 3.8) is 0 Å². The second kappa shape index (κ2) is 5.75.